The van der Waals surface area contributed by atoms with Crippen LogP contribution in [0.2, 0.25) is 0 Å². The second-order valence-corrected chi connectivity index (χ2v) is 4.94. The van der Waals surface area contributed by atoms with Gasteiger partial charge in [-0.25, -0.2) is 0 Å². The van der Waals surface area contributed by atoms with E-state index in [9.17, 15) is 0 Å². The molecule has 1 unspecified atom stereocenters. The molecule has 0 aromatic heterocycles. The summed E-state index contributed by atoms with van der Waals surface area (Å²) >= 11 is 0. The lowest BCUT2D eigenvalue weighted by molar-refractivity contribution is 0.0352. The van der Waals surface area contributed by atoms with Crippen LogP contribution in [0.4, 0.5) is 0 Å². The van der Waals surface area contributed by atoms with Gasteiger partial charge in [0.1, 0.15) is 5.75 Å². The molecule has 1 saturated heterocycles. The van der Waals surface area contributed by atoms with Crippen LogP contribution in [0.15, 0.2) is 24.3 Å². The van der Waals surface area contributed by atoms with Crippen LogP contribution in [-0.4, -0.2) is 44.4 Å². The first-order valence-corrected chi connectivity index (χ1v) is 7.08. The zero-order valence-electron chi connectivity index (χ0n) is 11.7. The maximum Gasteiger partial charge on any atom is 0.119 e. The molecule has 0 bridgehead atoms. The van der Waals surface area contributed by atoms with E-state index in [1.165, 1.54) is 0 Å². The molecule has 0 aliphatic carbocycles. The Labute approximate surface area is 115 Å². The average Bonchev–Trinajstić information content (AvgIpc) is 2.46. The Morgan fingerprint density at radius 2 is 1.95 bits per heavy atom. The van der Waals surface area contributed by atoms with Gasteiger partial charge in [0.25, 0.3) is 0 Å². The smallest absolute Gasteiger partial charge is 0.119 e. The van der Waals surface area contributed by atoms with Gasteiger partial charge in [-0.1, -0.05) is 19.1 Å². The molecule has 19 heavy (non-hydrogen) atoms. The summed E-state index contributed by atoms with van der Waals surface area (Å²) in [7, 11) is 0. The minimum atomic E-state index is 0.0540. The summed E-state index contributed by atoms with van der Waals surface area (Å²) in [6, 6.07) is 8.19. The third-order valence-electron chi connectivity index (χ3n) is 3.34. The summed E-state index contributed by atoms with van der Waals surface area (Å²) < 4.78 is 10.9. The van der Waals surface area contributed by atoms with Crippen LogP contribution in [0, 0.1) is 0 Å². The van der Waals surface area contributed by atoms with E-state index in [4.69, 9.17) is 15.2 Å². The van der Waals surface area contributed by atoms with Crippen molar-refractivity contribution in [2.45, 2.75) is 19.4 Å². The molecule has 1 aliphatic rings. The molecule has 1 aliphatic heterocycles. The summed E-state index contributed by atoms with van der Waals surface area (Å²) in [4.78, 5) is 2.36. The number of nitrogens with zero attached hydrogens (tertiary/aromatic N) is 1. The van der Waals surface area contributed by atoms with E-state index in [1.807, 2.05) is 12.1 Å². The van der Waals surface area contributed by atoms with E-state index in [1.54, 1.807) is 0 Å². The number of hydrogen-bond acceptors (Lipinski definition) is 4. The minimum Gasteiger partial charge on any atom is -0.494 e. The molecule has 1 atom stereocenters. The van der Waals surface area contributed by atoms with Crippen LogP contribution in [0.3, 0.4) is 0 Å². The molecule has 2 N–H and O–H groups in total. The van der Waals surface area contributed by atoms with Crippen molar-refractivity contribution < 1.29 is 9.47 Å². The summed E-state index contributed by atoms with van der Waals surface area (Å²) in [5, 5.41) is 0. The fourth-order valence-electron chi connectivity index (χ4n) is 2.20. The Balaban J connectivity index is 1.85. The van der Waals surface area contributed by atoms with Crippen LogP contribution < -0.4 is 10.5 Å². The SMILES string of the molecule is CCCOc1ccc(C(N)CN2CCOCC2)cc1. The highest BCUT2D eigenvalue weighted by Gasteiger charge is 2.15. The Bertz CT molecular complexity index is 361. The van der Waals surface area contributed by atoms with Gasteiger partial charge in [0.2, 0.25) is 0 Å². The van der Waals surface area contributed by atoms with Gasteiger partial charge in [-0.3, -0.25) is 4.90 Å². The van der Waals surface area contributed by atoms with Gasteiger partial charge in [-0.15, -0.1) is 0 Å². The van der Waals surface area contributed by atoms with E-state index in [-0.39, 0.29) is 6.04 Å². The Morgan fingerprint density at radius 3 is 2.58 bits per heavy atom. The number of ether oxygens (including phenoxy) is 2. The van der Waals surface area contributed by atoms with E-state index in [0.717, 1.165) is 57.2 Å². The summed E-state index contributed by atoms with van der Waals surface area (Å²) in [5.41, 5.74) is 7.42. The molecule has 0 radical (unpaired) electrons. The first-order chi connectivity index (χ1) is 9.29. The highest BCUT2D eigenvalue weighted by Crippen LogP contribution is 2.17. The number of hydrogen-bond donors (Lipinski definition) is 1. The van der Waals surface area contributed by atoms with Gasteiger partial charge in [0.05, 0.1) is 19.8 Å². The van der Waals surface area contributed by atoms with Crippen LogP contribution in [0.1, 0.15) is 24.9 Å². The molecule has 4 nitrogen and oxygen atoms in total. The highest BCUT2D eigenvalue weighted by atomic mass is 16.5. The quantitative estimate of drug-likeness (QED) is 0.851. The van der Waals surface area contributed by atoms with Crippen molar-refractivity contribution in [3.8, 4) is 5.75 Å². The van der Waals surface area contributed by atoms with Crippen LogP contribution in [-0.2, 0) is 4.74 Å². The second-order valence-electron chi connectivity index (χ2n) is 4.94. The number of rotatable bonds is 6. The zero-order chi connectivity index (χ0) is 13.5. The van der Waals surface area contributed by atoms with E-state index < -0.39 is 0 Å². The summed E-state index contributed by atoms with van der Waals surface area (Å²) in [5.74, 6) is 0.921. The lowest BCUT2D eigenvalue weighted by Gasteiger charge is -2.29. The summed E-state index contributed by atoms with van der Waals surface area (Å²) in [6.07, 6.45) is 1.03. The molecule has 0 amide bonds. The van der Waals surface area contributed by atoms with Crippen molar-refractivity contribution in [1.82, 2.24) is 4.90 Å². The number of morpholine rings is 1. The summed E-state index contributed by atoms with van der Waals surface area (Å²) in [6.45, 7) is 7.34. The Hall–Kier alpha value is -1.10. The van der Waals surface area contributed by atoms with Gasteiger partial charge >= 0.3 is 0 Å². The molecule has 1 aromatic carbocycles. The van der Waals surface area contributed by atoms with Crippen molar-refractivity contribution in [2.75, 3.05) is 39.5 Å². The Morgan fingerprint density at radius 1 is 1.26 bits per heavy atom. The van der Waals surface area contributed by atoms with Gasteiger partial charge < -0.3 is 15.2 Å². The highest BCUT2D eigenvalue weighted by molar-refractivity contribution is 5.29. The topological polar surface area (TPSA) is 47.7 Å². The molecule has 4 heteroatoms. The molecule has 0 spiro atoms. The van der Waals surface area contributed by atoms with E-state index in [0.29, 0.717) is 0 Å². The zero-order valence-corrected chi connectivity index (χ0v) is 11.7. The first kappa shape index (κ1) is 14.3. The monoisotopic (exact) mass is 264 g/mol. The minimum absolute atomic E-state index is 0.0540. The average molecular weight is 264 g/mol. The molecule has 2 rings (SSSR count). The van der Waals surface area contributed by atoms with Crippen molar-refractivity contribution >= 4 is 0 Å². The number of nitrogens with two attached hydrogens (primary N) is 1. The standard InChI is InChI=1S/C15H24N2O2/c1-2-9-19-14-5-3-13(4-6-14)15(16)12-17-7-10-18-11-8-17/h3-6,15H,2,7-12,16H2,1H3. The third kappa shape index (κ3) is 4.49. The van der Waals surface area contributed by atoms with Crippen LogP contribution >= 0.6 is 0 Å². The van der Waals surface area contributed by atoms with Gasteiger partial charge in [-0.2, -0.15) is 0 Å². The largest absolute Gasteiger partial charge is 0.494 e. The van der Waals surface area contributed by atoms with Gasteiger partial charge in [0.15, 0.2) is 0 Å². The molecular weight excluding hydrogens is 240 g/mol. The number of benzene rings is 1. The van der Waals surface area contributed by atoms with Crippen LogP contribution in [0.5, 0.6) is 5.75 Å². The molecule has 0 saturated carbocycles. The van der Waals surface area contributed by atoms with E-state index >= 15 is 0 Å². The fourth-order valence-corrected chi connectivity index (χ4v) is 2.20. The second kappa shape index (κ2) is 7.48. The van der Waals surface area contributed by atoms with E-state index in [2.05, 4.69) is 24.0 Å². The molecule has 1 fully saturated rings. The fraction of sp³-hybridized carbons (Fsp3) is 0.600. The maximum absolute atomic E-state index is 6.25. The first-order valence-electron chi connectivity index (χ1n) is 7.08. The van der Waals surface area contributed by atoms with Gasteiger partial charge in [-0.05, 0) is 24.1 Å². The van der Waals surface area contributed by atoms with Crippen molar-refractivity contribution in [3.05, 3.63) is 29.8 Å². The predicted octanol–water partition coefficient (Wildman–Crippen LogP) is 1.81. The maximum atomic E-state index is 6.25. The van der Waals surface area contributed by atoms with Crippen molar-refractivity contribution in [1.29, 1.82) is 0 Å². The lowest BCUT2D eigenvalue weighted by Crippen LogP contribution is -2.40. The van der Waals surface area contributed by atoms with Crippen molar-refractivity contribution in [2.24, 2.45) is 5.73 Å². The third-order valence-corrected chi connectivity index (χ3v) is 3.34. The lowest BCUT2D eigenvalue weighted by atomic mass is 10.1. The van der Waals surface area contributed by atoms with Gasteiger partial charge in [0, 0.05) is 25.7 Å². The molecular formula is C15H24N2O2. The molecule has 106 valence electrons. The molecule has 1 heterocycles. The Kier molecular flexibility index (Phi) is 5.63. The van der Waals surface area contributed by atoms with Crippen LogP contribution in [0.25, 0.3) is 0 Å². The normalized spacial score (nSPS) is 18.2. The predicted molar refractivity (Wildman–Crippen MR) is 76.4 cm³/mol. The van der Waals surface area contributed by atoms with Crippen molar-refractivity contribution in [3.63, 3.8) is 0 Å². The molecule has 1 aromatic rings.